The summed E-state index contributed by atoms with van der Waals surface area (Å²) in [6, 6.07) is 21.9. The number of hydrogen-bond donors (Lipinski definition) is 0. The van der Waals surface area contributed by atoms with Gasteiger partial charge in [0.15, 0.2) is 0 Å². The molecular formula is C22H15BrCl2N2O. The van der Waals surface area contributed by atoms with Crippen LogP contribution < -0.4 is 4.74 Å². The largest absolute Gasteiger partial charge is 0.463 e. The fourth-order valence-corrected chi connectivity index (χ4v) is 4.83. The lowest BCUT2D eigenvalue weighted by molar-refractivity contribution is -0.0194. The van der Waals surface area contributed by atoms with E-state index in [-0.39, 0.29) is 12.3 Å². The molecule has 0 aromatic heterocycles. The molecule has 0 spiro atoms. The van der Waals surface area contributed by atoms with Crippen molar-refractivity contribution in [2.75, 3.05) is 0 Å². The van der Waals surface area contributed by atoms with Crippen LogP contribution in [0, 0.1) is 0 Å². The van der Waals surface area contributed by atoms with Gasteiger partial charge in [-0.25, -0.2) is 5.01 Å². The van der Waals surface area contributed by atoms with Gasteiger partial charge in [0.2, 0.25) is 6.23 Å². The van der Waals surface area contributed by atoms with E-state index >= 15 is 0 Å². The molecule has 0 bridgehead atoms. The zero-order valence-corrected chi connectivity index (χ0v) is 17.7. The Labute approximate surface area is 181 Å². The van der Waals surface area contributed by atoms with Crippen LogP contribution in [-0.4, -0.2) is 10.7 Å². The Morgan fingerprint density at radius 2 is 1.71 bits per heavy atom. The third kappa shape index (κ3) is 3.00. The number of rotatable bonds is 2. The molecule has 3 nitrogen and oxygen atoms in total. The molecule has 2 aliphatic rings. The molecule has 2 atom stereocenters. The Kier molecular flexibility index (Phi) is 4.58. The Balaban J connectivity index is 1.66. The fourth-order valence-electron chi connectivity index (χ4n) is 3.80. The monoisotopic (exact) mass is 472 g/mol. The first-order valence-electron chi connectivity index (χ1n) is 8.93. The van der Waals surface area contributed by atoms with Gasteiger partial charge in [0.05, 0.1) is 16.8 Å². The van der Waals surface area contributed by atoms with E-state index in [0.717, 1.165) is 33.3 Å². The number of benzene rings is 3. The molecule has 6 heteroatoms. The molecule has 0 fully saturated rings. The Bertz CT molecular complexity index is 1090. The number of ether oxygens (including phenoxy) is 1. The van der Waals surface area contributed by atoms with Gasteiger partial charge in [-0.05, 0) is 23.8 Å². The second-order valence-electron chi connectivity index (χ2n) is 6.81. The van der Waals surface area contributed by atoms with Gasteiger partial charge in [-0.15, -0.1) is 0 Å². The van der Waals surface area contributed by atoms with Crippen LogP contribution in [0.25, 0.3) is 0 Å². The van der Waals surface area contributed by atoms with Crippen molar-refractivity contribution in [2.24, 2.45) is 5.10 Å². The second-order valence-corrected chi connectivity index (χ2v) is 8.51. The molecule has 28 heavy (non-hydrogen) atoms. The first-order chi connectivity index (χ1) is 13.6. The van der Waals surface area contributed by atoms with Crippen molar-refractivity contribution in [1.82, 2.24) is 5.01 Å². The lowest BCUT2D eigenvalue weighted by Crippen LogP contribution is -2.34. The summed E-state index contributed by atoms with van der Waals surface area (Å²) in [4.78, 5) is 0. The molecule has 0 unspecified atom stereocenters. The van der Waals surface area contributed by atoms with Crippen LogP contribution in [0.4, 0.5) is 0 Å². The average molecular weight is 474 g/mol. The number of nitrogens with zero attached hydrogens (tertiary/aromatic N) is 2. The number of hydrazone groups is 1. The van der Waals surface area contributed by atoms with E-state index in [2.05, 4.69) is 28.1 Å². The summed E-state index contributed by atoms with van der Waals surface area (Å²) in [6.45, 7) is 0. The zero-order valence-electron chi connectivity index (χ0n) is 14.6. The van der Waals surface area contributed by atoms with Crippen molar-refractivity contribution in [2.45, 2.75) is 18.7 Å². The molecule has 0 radical (unpaired) electrons. The minimum atomic E-state index is -0.382. The maximum Gasteiger partial charge on any atom is 0.215 e. The lowest BCUT2D eigenvalue weighted by atomic mass is 9.96. The second kappa shape index (κ2) is 7.11. The van der Waals surface area contributed by atoms with Gasteiger partial charge in [-0.2, -0.15) is 5.10 Å². The predicted molar refractivity (Wildman–Crippen MR) is 116 cm³/mol. The van der Waals surface area contributed by atoms with Crippen LogP contribution >= 0.6 is 39.1 Å². The normalized spacial score (nSPS) is 20.2. The molecule has 2 aliphatic heterocycles. The van der Waals surface area contributed by atoms with Gasteiger partial charge in [-0.1, -0.05) is 87.7 Å². The van der Waals surface area contributed by atoms with E-state index in [4.69, 9.17) is 33.0 Å². The standard InChI is InChI=1S/C22H15BrCl2N2O/c23-17-9-5-4-8-15(17)22-27-20(12-19(26-27)13-6-2-1-3-7-13)16-10-14(24)11-18(25)21(16)28-22/h1-11,20,22H,12H2/t20-,22+/m1/s1. The molecule has 0 aliphatic carbocycles. The summed E-state index contributed by atoms with van der Waals surface area (Å²) >= 11 is 16.5. The van der Waals surface area contributed by atoms with Crippen molar-refractivity contribution in [3.63, 3.8) is 0 Å². The van der Waals surface area contributed by atoms with E-state index in [0.29, 0.717) is 15.8 Å². The highest BCUT2D eigenvalue weighted by Crippen LogP contribution is 2.51. The zero-order chi connectivity index (χ0) is 19.3. The van der Waals surface area contributed by atoms with Gasteiger partial charge < -0.3 is 4.74 Å². The highest BCUT2D eigenvalue weighted by molar-refractivity contribution is 9.10. The summed E-state index contributed by atoms with van der Waals surface area (Å²) in [5, 5.41) is 8.10. The summed E-state index contributed by atoms with van der Waals surface area (Å²) < 4.78 is 7.35. The van der Waals surface area contributed by atoms with Crippen molar-refractivity contribution in [3.8, 4) is 5.75 Å². The van der Waals surface area contributed by atoms with Gasteiger partial charge in [0.1, 0.15) is 5.75 Å². The summed E-state index contributed by atoms with van der Waals surface area (Å²) in [7, 11) is 0. The van der Waals surface area contributed by atoms with E-state index in [1.807, 2.05) is 53.5 Å². The van der Waals surface area contributed by atoms with Crippen LogP contribution in [0.15, 0.2) is 76.3 Å². The Morgan fingerprint density at radius 1 is 0.964 bits per heavy atom. The minimum Gasteiger partial charge on any atom is -0.463 e. The highest BCUT2D eigenvalue weighted by atomic mass is 79.9. The summed E-state index contributed by atoms with van der Waals surface area (Å²) in [5.74, 6) is 0.678. The number of hydrogen-bond acceptors (Lipinski definition) is 3. The van der Waals surface area contributed by atoms with Crippen LogP contribution in [-0.2, 0) is 0 Å². The Morgan fingerprint density at radius 3 is 2.50 bits per heavy atom. The maximum absolute atomic E-state index is 6.51. The van der Waals surface area contributed by atoms with E-state index in [1.165, 1.54) is 0 Å². The molecule has 0 N–H and O–H groups in total. The predicted octanol–water partition coefficient (Wildman–Crippen LogP) is 7.00. The number of halogens is 3. The summed E-state index contributed by atoms with van der Waals surface area (Å²) in [6.07, 6.45) is 0.380. The van der Waals surface area contributed by atoms with E-state index < -0.39 is 0 Å². The molecule has 3 aromatic carbocycles. The van der Waals surface area contributed by atoms with Gasteiger partial charge >= 0.3 is 0 Å². The van der Waals surface area contributed by atoms with Crippen LogP contribution in [0.1, 0.15) is 35.4 Å². The third-order valence-electron chi connectivity index (χ3n) is 5.09. The Hall–Kier alpha value is -2.01. The quantitative estimate of drug-likeness (QED) is 0.400. The molecule has 3 aromatic rings. The smallest absolute Gasteiger partial charge is 0.215 e. The topological polar surface area (TPSA) is 24.8 Å². The first-order valence-corrected chi connectivity index (χ1v) is 10.5. The molecule has 0 saturated heterocycles. The van der Waals surface area contributed by atoms with Crippen LogP contribution in [0.3, 0.4) is 0 Å². The molecule has 140 valence electrons. The SMILES string of the molecule is Clc1cc(Cl)c2c(c1)[C@H]1CC(c3ccccc3)=NN1[C@H](c1ccccc1Br)O2. The maximum atomic E-state index is 6.51. The van der Waals surface area contributed by atoms with Gasteiger partial charge in [-0.3, -0.25) is 0 Å². The minimum absolute atomic E-state index is 0.00672. The number of fused-ring (bicyclic) bond motifs is 3. The average Bonchev–Trinajstić information content (AvgIpc) is 3.15. The first kappa shape index (κ1) is 18.0. The van der Waals surface area contributed by atoms with Gasteiger partial charge in [0.25, 0.3) is 0 Å². The molecular weight excluding hydrogens is 459 g/mol. The molecule has 0 amide bonds. The molecule has 0 saturated carbocycles. The van der Waals surface area contributed by atoms with Crippen molar-refractivity contribution >= 4 is 44.8 Å². The van der Waals surface area contributed by atoms with Crippen molar-refractivity contribution in [3.05, 3.63) is 97.9 Å². The van der Waals surface area contributed by atoms with Crippen LogP contribution in [0.5, 0.6) is 5.75 Å². The van der Waals surface area contributed by atoms with E-state index in [9.17, 15) is 0 Å². The fraction of sp³-hybridized carbons (Fsp3) is 0.136. The van der Waals surface area contributed by atoms with Crippen molar-refractivity contribution < 1.29 is 4.74 Å². The lowest BCUT2D eigenvalue weighted by Gasteiger charge is -2.39. The molecule has 2 heterocycles. The highest BCUT2D eigenvalue weighted by Gasteiger charge is 2.42. The van der Waals surface area contributed by atoms with Crippen molar-refractivity contribution in [1.29, 1.82) is 0 Å². The van der Waals surface area contributed by atoms with Crippen LogP contribution in [0.2, 0.25) is 10.0 Å². The summed E-state index contributed by atoms with van der Waals surface area (Å²) in [5.41, 5.74) is 4.10. The van der Waals surface area contributed by atoms with E-state index in [1.54, 1.807) is 6.07 Å². The molecule has 5 rings (SSSR count). The third-order valence-corrected chi connectivity index (χ3v) is 6.31. The van der Waals surface area contributed by atoms with Gasteiger partial charge in [0, 0.05) is 27.0 Å².